The van der Waals surface area contributed by atoms with Gasteiger partial charge in [-0.15, -0.1) is 0 Å². The standard InChI is InChI=1S/C14H12O3/c1-4-10(3)13(15)17-14(16)12-8-6-7-11(5-2)9-12/h4-9H,1-3H2. The van der Waals surface area contributed by atoms with Crippen LogP contribution in [0.5, 0.6) is 0 Å². The van der Waals surface area contributed by atoms with Crippen LogP contribution in [-0.4, -0.2) is 11.9 Å². The van der Waals surface area contributed by atoms with Crippen molar-refractivity contribution in [2.24, 2.45) is 0 Å². The van der Waals surface area contributed by atoms with Gasteiger partial charge in [-0.1, -0.05) is 44.0 Å². The normalized spacial score (nSPS) is 9.18. The van der Waals surface area contributed by atoms with Gasteiger partial charge in [0.25, 0.3) is 0 Å². The summed E-state index contributed by atoms with van der Waals surface area (Å²) in [6, 6.07) is 6.60. The van der Waals surface area contributed by atoms with Crippen LogP contribution < -0.4 is 0 Å². The van der Waals surface area contributed by atoms with Crippen molar-refractivity contribution in [1.29, 1.82) is 0 Å². The average molecular weight is 228 g/mol. The molecule has 3 heteroatoms. The minimum atomic E-state index is -0.797. The molecule has 1 aromatic carbocycles. The molecule has 0 aromatic heterocycles. The number of benzene rings is 1. The van der Waals surface area contributed by atoms with E-state index in [9.17, 15) is 9.59 Å². The predicted molar refractivity (Wildman–Crippen MR) is 66.3 cm³/mol. The Kier molecular flexibility index (Phi) is 4.17. The number of ether oxygens (including phenoxy) is 1. The van der Waals surface area contributed by atoms with Gasteiger partial charge in [0.15, 0.2) is 0 Å². The predicted octanol–water partition coefficient (Wildman–Crippen LogP) is 2.76. The fourth-order valence-electron chi connectivity index (χ4n) is 1.08. The van der Waals surface area contributed by atoms with E-state index in [1.54, 1.807) is 30.3 Å². The van der Waals surface area contributed by atoms with Crippen molar-refractivity contribution >= 4 is 18.0 Å². The summed E-state index contributed by atoms with van der Waals surface area (Å²) in [4.78, 5) is 22.9. The molecule has 0 aliphatic rings. The van der Waals surface area contributed by atoms with Crippen LogP contribution in [0.2, 0.25) is 0 Å². The van der Waals surface area contributed by atoms with Crippen molar-refractivity contribution < 1.29 is 14.3 Å². The maximum Gasteiger partial charge on any atom is 0.346 e. The average Bonchev–Trinajstić information content (AvgIpc) is 2.37. The minimum Gasteiger partial charge on any atom is -0.386 e. The Balaban J connectivity index is 2.83. The molecule has 0 saturated carbocycles. The number of hydrogen-bond acceptors (Lipinski definition) is 3. The van der Waals surface area contributed by atoms with Crippen LogP contribution in [0.15, 0.2) is 55.7 Å². The molecule has 0 spiro atoms. The van der Waals surface area contributed by atoms with E-state index in [2.05, 4.69) is 24.5 Å². The molecule has 0 atom stereocenters. The van der Waals surface area contributed by atoms with Gasteiger partial charge in [0.1, 0.15) is 0 Å². The van der Waals surface area contributed by atoms with E-state index in [1.165, 1.54) is 6.08 Å². The van der Waals surface area contributed by atoms with Crippen LogP contribution in [-0.2, 0) is 9.53 Å². The zero-order valence-electron chi connectivity index (χ0n) is 9.31. The van der Waals surface area contributed by atoms with E-state index < -0.39 is 11.9 Å². The first-order chi connectivity index (χ1) is 8.08. The van der Waals surface area contributed by atoms with E-state index in [0.717, 1.165) is 5.56 Å². The molecule has 0 N–H and O–H groups in total. The molecule has 0 fully saturated rings. The second-order valence-electron chi connectivity index (χ2n) is 3.24. The Hall–Kier alpha value is -2.42. The molecule has 0 saturated heterocycles. The Labute approximate surface area is 99.7 Å². The van der Waals surface area contributed by atoms with Gasteiger partial charge >= 0.3 is 11.9 Å². The Morgan fingerprint density at radius 1 is 1.24 bits per heavy atom. The third-order valence-electron chi connectivity index (χ3n) is 2.05. The van der Waals surface area contributed by atoms with Crippen molar-refractivity contribution in [1.82, 2.24) is 0 Å². The monoisotopic (exact) mass is 228 g/mol. The molecule has 0 radical (unpaired) electrons. The summed E-state index contributed by atoms with van der Waals surface area (Å²) in [6.07, 6.45) is 2.83. The zero-order chi connectivity index (χ0) is 12.8. The topological polar surface area (TPSA) is 43.4 Å². The van der Waals surface area contributed by atoms with Crippen molar-refractivity contribution in [3.05, 3.63) is 66.8 Å². The van der Waals surface area contributed by atoms with Gasteiger partial charge in [-0.3, -0.25) is 0 Å². The van der Waals surface area contributed by atoms with Crippen molar-refractivity contribution in [2.45, 2.75) is 0 Å². The summed E-state index contributed by atoms with van der Waals surface area (Å²) >= 11 is 0. The van der Waals surface area contributed by atoms with E-state index in [-0.39, 0.29) is 11.1 Å². The molecular weight excluding hydrogens is 216 g/mol. The molecule has 1 aromatic rings. The molecule has 0 unspecified atom stereocenters. The molecule has 1 rings (SSSR count). The first-order valence-electron chi connectivity index (χ1n) is 4.89. The molecule has 0 heterocycles. The smallest absolute Gasteiger partial charge is 0.346 e. The van der Waals surface area contributed by atoms with E-state index in [4.69, 9.17) is 0 Å². The summed E-state index contributed by atoms with van der Waals surface area (Å²) < 4.78 is 4.61. The van der Waals surface area contributed by atoms with E-state index >= 15 is 0 Å². The Morgan fingerprint density at radius 3 is 2.53 bits per heavy atom. The van der Waals surface area contributed by atoms with Crippen LogP contribution in [0.4, 0.5) is 0 Å². The van der Waals surface area contributed by atoms with Crippen LogP contribution in [0.1, 0.15) is 15.9 Å². The highest BCUT2D eigenvalue weighted by atomic mass is 16.6. The summed E-state index contributed by atoms with van der Waals surface area (Å²) in [6.45, 7) is 10.3. The fraction of sp³-hybridized carbons (Fsp3) is 0. The molecule has 0 bridgehead atoms. The zero-order valence-corrected chi connectivity index (χ0v) is 9.31. The van der Waals surface area contributed by atoms with Gasteiger partial charge < -0.3 is 4.74 Å². The fourth-order valence-corrected chi connectivity index (χ4v) is 1.08. The molecule has 0 aliphatic carbocycles. The SMILES string of the molecule is C=CC(=C)C(=O)OC(=O)c1cccc(C=C)c1. The third-order valence-corrected chi connectivity index (χ3v) is 2.05. The molecule has 86 valence electrons. The molecular formula is C14H12O3. The van der Waals surface area contributed by atoms with Crippen molar-refractivity contribution in [2.75, 3.05) is 0 Å². The number of hydrogen-bond donors (Lipinski definition) is 0. The van der Waals surface area contributed by atoms with Crippen LogP contribution in [0, 0.1) is 0 Å². The molecule has 0 aliphatic heterocycles. The van der Waals surface area contributed by atoms with Crippen LogP contribution in [0.25, 0.3) is 6.08 Å². The summed E-state index contributed by atoms with van der Waals surface area (Å²) in [7, 11) is 0. The van der Waals surface area contributed by atoms with Gasteiger partial charge in [-0.2, -0.15) is 0 Å². The van der Waals surface area contributed by atoms with Crippen molar-refractivity contribution in [3.8, 4) is 0 Å². The lowest BCUT2D eigenvalue weighted by Gasteiger charge is -2.03. The highest BCUT2D eigenvalue weighted by molar-refractivity contribution is 6.03. The van der Waals surface area contributed by atoms with Crippen LogP contribution in [0.3, 0.4) is 0 Å². The lowest BCUT2D eigenvalue weighted by atomic mass is 10.1. The number of rotatable bonds is 4. The maximum absolute atomic E-state index is 11.6. The first-order valence-corrected chi connectivity index (χ1v) is 4.89. The Morgan fingerprint density at radius 2 is 1.94 bits per heavy atom. The molecule has 17 heavy (non-hydrogen) atoms. The van der Waals surface area contributed by atoms with Gasteiger partial charge in [0, 0.05) is 0 Å². The lowest BCUT2D eigenvalue weighted by Crippen LogP contribution is -2.13. The van der Waals surface area contributed by atoms with Gasteiger partial charge in [-0.05, 0) is 17.7 Å². The number of carbonyl (C=O) groups excluding carboxylic acids is 2. The second-order valence-corrected chi connectivity index (χ2v) is 3.24. The largest absolute Gasteiger partial charge is 0.386 e. The number of esters is 2. The molecule has 3 nitrogen and oxygen atoms in total. The maximum atomic E-state index is 11.6. The third kappa shape index (κ3) is 3.28. The lowest BCUT2D eigenvalue weighted by molar-refractivity contribution is -0.133. The summed E-state index contributed by atoms with van der Waals surface area (Å²) in [5.41, 5.74) is 1.10. The van der Waals surface area contributed by atoms with Gasteiger partial charge in [0.05, 0.1) is 11.1 Å². The summed E-state index contributed by atoms with van der Waals surface area (Å²) in [5, 5.41) is 0. The number of carbonyl (C=O) groups is 2. The van der Waals surface area contributed by atoms with Crippen LogP contribution >= 0.6 is 0 Å². The Bertz CT molecular complexity index is 498. The van der Waals surface area contributed by atoms with Crippen molar-refractivity contribution in [3.63, 3.8) is 0 Å². The van der Waals surface area contributed by atoms with Gasteiger partial charge in [0.2, 0.25) is 0 Å². The highest BCUT2D eigenvalue weighted by Gasteiger charge is 2.13. The minimum absolute atomic E-state index is 0.0400. The van der Waals surface area contributed by atoms with E-state index in [1.807, 2.05) is 0 Å². The first kappa shape index (κ1) is 12.6. The molecule has 0 amide bonds. The summed E-state index contributed by atoms with van der Waals surface area (Å²) in [5.74, 6) is -1.52. The quantitative estimate of drug-likeness (QED) is 0.344. The highest BCUT2D eigenvalue weighted by Crippen LogP contribution is 2.09. The van der Waals surface area contributed by atoms with Gasteiger partial charge in [-0.25, -0.2) is 9.59 Å². The second kappa shape index (κ2) is 5.61. The van der Waals surface area contributed by atoms with E-state index in [0.29, 0.717) is 0 Å².